The van der Waals surface area contributed by atoms with Crippen LogP contribution in [0.2, 0.25) is 10.0 Å². The number of amides is 1. The first-order valence-electron chi connectivity index (χ1n) is 7.17. The van der Waals surface area contributed by atoms with Crippen LogP contribution >= 0.6 is 23.2 Å². The van der Waals surface area contributed by atoms with E-state index in [0.717, 1.165) is 18.2 Å². The second-order valence-electron chi connectivity index (χ2n) is 5.17. The summed E-state index contributed by atoms with van der Waals surface area (Å²) < 4.78 is 28.4. The minimum Gasteiger partial charge on any atom is -0.307 e. The summed E-state index contributed by atoms with van der Waals surface area (Å²) in [5.74, 6) is -1.99. The molecule has 1 amide bonds. The quantitative estimate of drug-likeness (QED) is 0.707. The summed E-state index contributed by atoms with van der Waals surface area (Å²) in [4.78, 5) is 12.2. The average Bonchev–Trinajstić information content (AvgIpc) is 3.01. The highest BCUT2D eigenvalue weighted by molar-refractivity contribution is 6.42. The molecule has 1 N–H and O–H groups in total. The fraction of sp³-hybridized carbons (Fsp3) is 0.0588. The normalized spacial score (nSPS) is 10.7. The van der Waals surface area contributed by atoms with Crippen molar-refractivity contribution in [3.05, 3.63) is 81.5 Å². The fourth-order valence-corrected chi connectivity index (χ4v) is 2.63. The standard InChI is InChI=1S/C17H11Cl2F2N3O/c18-13-3-1-2-10(16(13)19)9-24-15(6-7-22-24)23-17(25)12-8-11(20)4-5-14(12)21/h1-8H,9H2,(H,23,25). The molecule has 0 atom stereocenters. The fourth-order valence-electron chi connectivity index (χ4n) is 2.25. The molecule has 0 unspecified atom stereocenters. The molecule has 4 nitrogen and oxygen atoms in total. The number of aromatic nitrogens is 2. The van der Waals surface area contributed by atoms with Crippen LogP contribution in [0.25, 0.3) is 0 Å². The molecule has 2 aromatic carbocycles. The Morgan fingerprint density at radius 3 is 2.76 bits per heavy atom. The third-order valence-corrected chi connectivity index (χ3v) is 4.34. The summed E-state index contributed by atoms with van der Waals surface area (Å²) >= 11 is 12.1. The number of hydrogen-bond donors (Lipinski definition) is 1. The number of nitrogens with one attached hydrogen (secondary N) is 1. The van der Waals surface area contributed by atoms with Crippen molar-refractivity contribution in [2.24, 2.45) is 0 Å². The molecule has 3 rings (SSSR count). The zero-order valence-electron chi connectivity index (χ0n) is 12.6. The first-order chi connectivity index (χ1) is 12.0. The van der Waals surface area contributed by atoms with E-state index in [9.17, 15) is 13.6 Å². The molecule has 0 aliphatic heterocycles. The van der Waals surface area contributed by atoms with Gasteiger partial charge in [0.05, 0.1) is 28.4 Å². The van der Waals surface area contributed by atoms with Crippen LogP contribution in [0.4, 0.5) is 14.6 Å². The highest BCUT2D eigenvalue weighted by atomic mass is 35.5. The van der Waals surface area contributed by atoms with Gasteiger partial charge >= 0.3 is 0 Å². The summed E-state index contributed by atoms with van der Waals surface area (Å²) in [7, 11) is 0. The maximum atomic E-state index is 13.7. The Hall–Kier alpha value is -2.44. The van der Waals surface area contributed by atoms with E-state index >= 15 is 0 Å². The lowest BCUT2D eigenvalue weighted by atomic mass is 10.2. The van der Waals surface area contributed by atoms with Crippen molar-refractivity contribution in [1.29, 1.82) is 0 Å². The van der Waals surface area contributed by atoms with Gasteiger partial charge in [0.25, 0.3) is 5.91 Å². The molecule has 8 heteroatoms. The maximum Gasteiger partial charge on any atom is 0.259 e. The molecule has 0 aliphatic rings. The Morgan fingerprint density at radius 2 is 1.96 bits per heavy atom. The van der Waals surface area contributed by atoms with Gasteiger partial charge in [0, 0.05) is 6.07 Å². The van der Waals surface area contributed by atoms with Gasteiger partial charge in [-0.3, -0.25) is 4.79 Å². The molecule has 0 radical (unpaired) electrons. The summed E-state index contributed by atoms with van der Waals surface area (Å²) in [6.45, 7) is 0.244. The van der Waals surface area contributed by atoms with Gasteiger partial charge < -0.3 is 5.32 Å². The molecule has 1 heterocycles. The van der Waals surface area contributed by atoms with Gasteiger partial charge in [0.15, 0.2) is 0 Å². The first-order valence-corrected chi connectivity index (χ1v) is 7.92. The highest BCUT2D eigenvalue weighted by Crippen LogP contribution is 2.26. The minimum absolute atomic E-state index is 0.244. The zero-order chi connectivity index (χ0) is 18.0. The van der Waals surface area contributed by atoms with E-state index in [2.05, 4.69) is 10.4 Å². The monoisotopic (exact) mass is 381 g/mol. The van der Waals surface area contributed by atoms with Gasteiger partial charge in [-0.2, -0.15) is 5.10 Å². The van der Waals surface area contributed by atoms with Crippen molar-refractivity contribution in [2.45, 2.75) is 6.54 Å². The Bertz CT molecular complexity index is 943. The van der Waals surface area contributed by atoms with E-state index in [4.69, 9.17) is 23.2 Å². The van der Waals surface area contributed by atoms with Crippen molar-refractivity contribution >= 4 is 34.9 Å². The number of rotatable bonds is 4. The average molecular weight is 382 g/mol. The highest BCUT2D eigenvalue weighted by Gasteiger charge is 2.15. The van der Waals surface area contributed by atoms with Crippen LogP contribution < -0.4 is 5.32 Å². The first kappa shape index (κ1) is 17.4. The van der Waals surface area contributed by atoms with Crippen LogP contribution in [0.3, 0.4) is 0 Å². The maximum absolute atomic E-state index is 13.7. The van der Waals surface area contributed by atoms with Crippen LogP contribution in [0, 0.1) is 11.6 Å². The Balaban J connectivity index is 1.83. The molecule has 0 aliphatic carbocycles. The third kappa shape index (κ3) is 3.81. The van der Waals surface area contributed by atoms with E-state index in [1.807, 2.05) is 0 Å². The second kappa shape index (κ2) is 7.21. The topological polar surface area (TPSA) is 46.9 Å². The third-order valence-electron chi connectivity index (χ3n) is 3.48. The van der Waals surface area contributed by atoms with Gasteiger partial charge in [0.1, 0.15) is 17.5 Å². The van der Waals surface area contributed by atoms with Crippen molar-refractivity contribution in [2.75, 3.05) is 5.32 Å². The van der Waals surface area contributed by atoms with E-state index in [1.165, 1.54) is 16.9 Å². The summed E-state index contributed by atoms with van der Waals surface area (Å²) in [6.07, 6.45) is 1.47. The van der Waals surface area contributed by atoms with Gasteiger partial charge in [0.2, 0.25) is 0 Å². The molecule has 0 spiro atoms. The van der Waals surface area contributed by atoms with Crippen LogP contribution in [-0.4, -0.2) is 15.7 Å². The lowest BCUT2D eigenvalue weighted by Gasteiger charge is -2.11. The Labute approximate surface area is 152 Å². The molecule has 0 saturated heterocycles. The number of hydrogen-bond acceptors (Lipinski definition) is 2. The van der Waals surface area contributed by atoms with Gasteiger partial charge in [-0.05, 0) is 29.8 Å². The van der Waals surface area contributed by atoms with E-state index in [0.29, 0.717) is 21.4 Å². The number of anilines is 1. The molecule has 0 fully saturated rings. The van der Waals surface area contributed by atoms with Crippen molar-refractivity contribution in [3.8, 4) is 0 Å². The largest absolute Gasteiger partial charge is 0.307 e. The molecular weight excluding hydrogens is 371 g/mol. The second-order valence-corrected chi connectivity index (χ2v) is 5.95. The molecule has 128 valence electrons. The molecule has 25 heavy (non-hydrogen) atoms. The number of carbonyl (C=O) groups excluding carboxylic acids is 1. The Morgan fingerprint density at radius 1 is 1.16 bits per heavy atom. The van der Waals surface area contributed by atoms with Crippen molar-refractivity contribution in [1.82, 2.24) is 9.78 Å². The smallest absolute Gasteiger partial charge is 0.259 e. The van der Waals surface area contributed by atoms with Crippen molar-refractivity contribution < 1.29 is 13.6 Å². The van der Waals surface area contributed by atoms with Crippen LogP contribution in [0.1, 0.15) is 15.9 Å². The summed E-state index contributed by atoms with van der Waals surface area (Å²) in [5.41, 5.74) is 0.304. The SMILES string of the molecule is O=C(Nc1ccnn1Cc1cccc(Cl)c1Cl)c1cc(F)ccc1F. The van der Waals surface area contributed by atoms with Gasteiger partial charge in [-0.15, -0.1) is 0 Å². The predicted octanol–water partition coefficient (Wildman–Crippen LogP) is 4.77. The van der Waals surface area contributed by atoms with Crippen LogP contribution in [0.15, 0.2) is 48.7 Å². The number of nitrogens with zero attached hydrogens (tertiary/aromatic N) is 2. The molecule has 0 bridgehead atoms. The summed E-state index contributed by atoms with van der Waals surface area (Å²) in [6, 6.07) is 9.38. The molecule has 3 aromatic rings. The van der Waals surface area contributed by atoms with E-state index < -0.39 is 23.1 Å². The summed E-state index contributed by atoms with van der Waals surface area (Å²) in [5, 5.41) is 7.39. The van der Waals surface area contributed by atoms with Gasteiger partial charge in [-0.1, -0.05) is 35.3 Å². The van der Waals surface area contributed by atoms with Crippen molar-refractivity contribution in [3.63, 3.8) is 0 Å². The molecular formula is C17H11Cl2F2N3O. The number of carbonyl (C=O) groups is 1. The van der Waals surface area contributed by atoms with Crippen LogP contribution in [0.5, 0.6) is 0 Å². The minimum atomic E-state index is -0.817. The van der Waals surface area contributed by atoms with Crippen LogP contribution in [-0.2, 0) is 6.54 Å². The van der Waals surface area contributed by atoms with Gasteiger partial charge in [-0.25, -0.2) is 13.5 Å². The number of benzene rings is 2. The Kier molecular flexibility index (Phi) is 5.01. The zero-order valence-corrected chi connectivity index (χ0v) is 14.2. The van der Waals surface area contributed by atoms with E-state index in [-0.39, 0.29) is 6.54 Å². The lowest BCUT2D eigenvalue weighted by molar-refractivity contribution is 0.102. The molecule has 1 aromatic heterocycles. The predicted molar refractivity (Wildman–Crippen MR) is 92.1 cm³/mol. The lowest BCUT2D eigenvalue weighted by Crippen LogP contribution is -2.17. The molecule has 0 saturated carbocycles. The number of halogens is 4. The van der Waals surface area contributed by atoms with E-state index in [1.54, 1.807) is 18.2 Å².